The van der Waals surface area contributed by atoms with Gasteiger partial charge in [-0.25, -0.2) is 4.79 Å². The van der Waals surface area contributed by atoms with Gasteiger partial charge in [0.1, 0.15) is 12.1 Å². The highest BCUT2D eigenvalue weighted by molar-refractivity contribution is 6.35. The van der Waals surface area contributed by atoms with Crippen molar-refractivity contribution in [2.45, 2.75) is 76.4 Å². The molecule has 0 unspecified atom stereocenters. The topological polar surface area (TPSA) is 136 Å². The molecule has 1 saturated heterocycles. The van der Waals surface area contributed by atoms with Crippen LogP contribution in [0.2, 0.25) is 10.0 Å². The van der Waals surface area contributed by atoms with Crippen LogP contribution in [0.3, 0.4) is 0 Å². The van der Waals surface area contributed by atoms with E-state index in [1.807, 2.05) is 30.3 Å². The maximum atomic E-state index is 13.7. The lowest BCUT2D eigenvalue weighted by Gasteiger charge is -2.40. The Morgan fingerprint density at radius 3 is 2.13 bits per heavy atom. The molecule has 45 heavy (non-hydrogen) atoms. The molecule has 4 rings (SSSR count). The molecule has 2 atom stereocenters. The van der Waals surface area contributed by atoms with Crippen molar-refractivity contribution < 1.29 is 29.1 Å². The fourth-order valence-electron chi connectivity index (χ4n) is 6.25. The first-order valence-electron chi connectivity index (χ1n) is 15.3. The Kier molecular flexibility index (Phi) is 11.9. The highest BCUT2D eigenvalue weighted by atomic mass is 35.5. The zero-order valence-corrected chi connectivity index (χ0v) is 26.9. The van der Waals surface area contributed by atoms with Crippen molar-refractivity contribution >= 4 is 52.8 Å². The fraction of sp³-hybridized carbons (Fsp3) is 0.485. The van der Waals surface area contributed by atoms with Crippen molar-refractivity contribution in [1.82, 2.24) is 20.4 Å². The van der Waals surface area contributed by atoms with Gasteiger partial charge < -0.3 is 25.5 Å². The molecule has 2 fully saturated rings. The number of amides is 4. The molecule has 0 aromatic heterocycles. The molecule has 2 aromatic carbocycles. The number of benzene rings is 2. The number of halogens is 2. The van der Waals surface area contributed by atoms with E-state index >= 15 is 0 Å². The van der Waals surface area contributed by atoms with E-state index < -0.39 is 42.2 Å². The van der Waals surface area contributed by atoms with Crippen LogP contribution in [-0.4, -0.2) is 76.7 Å². The van der Waals surface area contributed by atoms with E-state index in [1.54, 1.807) is 11.9 Å². The smallest absolute Gasteiger partial charge is 0.326 e. The molecule has 2 aromatic rings. The van der Waals surface area contributed by atoms with E-state index in [9.17, 15) is 29.1 Å². The van der Waals surface area contributed by atoms with Crippen LogP contribution in [0.25, 0.3) is 0 Å². The number of nitrogens with zero attached hydrogens (tertiary/aromatic N) is 2. The van der Waals surface area contributed by atoms with Crippen LogP contribution in [-0.2, 0) is 25.7 Å². The van der Waals surface area contributed by atoms with Gasteiger partial charge >= 0.3 is 5.97 Å². The molecule has 4 amide bonds. The van der Waals surface area contributed by atoms with Crippen molar-refractivity contribution in [3.63, 3.8) is 0 Å². The van der Waals surface area contributed by atoms with Crippen LogP contribution in [0.15, 0.2) is 48.5 Å². The summed E-state index contributed by atoms with van der Waals surface area (Å²) < 4.78 is 0. The number of hydrogen-bond donors (Lipinski definition) is 3. The van der Waals surface area contributed by atoms with Gasteiger partial charge in [0.25, 0.3) is 5.91 Å². The van der Waals surface area contributed by atoms with Crippen molar-refractivity contribution in [1.29, 1.82) is 0 Å². The van der Waals surface area contributed by atoms with Gasteiger partial charge in [-0.15, -0.1) is 0 Å². The Balaban J connectivity index is 1.39. The molecule has 1 aliphatic heterocycles. The van der Waals surface area contributed by atoms with Crippen molar-refractivity contribution in [3.05, 3.63) is 69.7 Å². The number of carbonyl (C=O) groups excluding carboxylic acids is 4. The van der Waals surface area contributed by atoms with Crippen LogP contribution >= 0.6 is 23.2 Å². The largest absolute Gasteiger partial charge is 0.480 e. The SMILES string of the molecule is CN(Cc1ccccc1)C(=O)C[C@@H](NC(=O)CC[C@@H](NC(=O)c1cc(Cl)cc(Cl)c1)C(=O)N1CCC2(CCCC2)CC1)C(=O)O. The Hall–Kier alpha value is -3.63. The maximum Gasteiger partial charge on any atom is 0.326 e. The van der Waals surface area contributed by atoms with Crippen molar-refractivity contribution in [2.24, 2.45) is 5.41 Å². The Labute approximate surface area is 273 Å². The molecular formula is C33H40Cl2N4O6. The first-order chi connectivity index (χ1) is 21.4. The molecule has 10 nitrogen and oxygen atoms in total. The van der Waals surface area contributed by atoms with Gasteiger partial charge in [0, 0.05) is 48.7 Å². The molecule has 1 saturated carbocycles. The summed E-state index contributed by atoms with van der Waals surface area (Å²) in [5, 5.41) is 15.4. The Morgan fingerprint density at radius 1 is 0.911 bits per heavy atom. The molecular weight excluding hydrogens is 619 g/mol. The second kappa shape index (κ2) is 15.6. The normalized spacial score (nSPS) is 16.9. The number of likely N-dealkylation sites (tertiary alicyclic amines) is 1. The van der Waals surface area contributed by atoms with Gasteiger partial charge in [0.05, 0.1) is 6.42 Å². The minimum atomic E-state index is -1.45. The lowest BCUT2D eigenvalue weighted by molar-refractivity contribution is -0.145. The molecule has 12 heteroatoms. The molecule has 0 bridgehead atoms. The predicted molar refractivity (Wildman–Crippen MR) is 171 cm³/mol. The molecule has 242 valence electrons. The quantitative estimate of drug-likeness (QED) is 0.303. The second-order valence-corrected chi connectivity index (χ2v) is 13.0. The minimum absolute atomic E-state index is 0.0689. The number of carboxylic acid groups (broad SMARTS) is 1. The van der Waals surface area contributed by atoms with Crippen LogP contribution in [0, 0.1) is 5.41 Å². The van der Waals surface area contributed by atoms with Crippen LogP contribution < -0.4 is 10.6 Å². The Morgan fingerprint density at radius 2 is 1.53 bits per heavy atom. The first kappa shape index (κ1) is 34.2. The van der Waals surface area contributed by atoms with Crippen molar-refractivity contribution in [3.8, 4) is 0 Å². The molecule has 0 radical (unpaired) electrons. The van der Waals surface area contributed by atoms with Gasteiger partial charge in [-0.05, 0) is 61.3 Å². The van der Waals surface area contributed by atoms with E-state index in [1.165, 1.54) is 48.8 Å². The van der Waals surface area contributed by atoms with E-state index in [-0.39, 0.29) is 39.8 Å². The molecule has 1 aliphatic carbocycles. The Bertz CT molecular complexity index is 1370. The molecule has 2 aliphatic rings. The van der Waals surface area contributed by atoms with Crippen LogP contribution in [0.4, 0.5) is 0 Å². The summed E-state index contributed by atoms with van der Waals surface area (Å²) in [7, 11) is 1.57. The van der Waals surface area contributed by atoms with E-state index in [0.29, 0.717) is 19.6 Å². The third kappa shape index (κ3) is 9.68. The van der Waals surface area contributed by atoms with Gasteiger partial charge in [-0.3, -0.25) is 19.2 Å². The highest BCUT2D eigenvalue weighted by Gasteiger charge is 2.39. The molecule has 1 heterocycles. The number of piperidine rings is 1. The standard InChI is InChI=1S/C33H40Cl2N4O6/c1-38(21-22-7-3-2-4-8-22)29(41)20-27(32(44)45)36-28(40)10-9-26(37-30(42)23-17-24(34)19-25(35)18-23)31(43)39-15-13-33(14-16-39)11-5-6-12-33/h2-4,7-8,17-19,26-27H,5-6,9-16,20-21H2,1H3,(H,36,40)(H,37,42)(H,44,45)/t26-,27-/m1/s1. The molecule has 3 N–H and O–H groups in total. The van der Waals surface area contributed by atoms with Gasteiger partial charge in [0.15, 0.2) is 0 Å². The summed E-state index contributed by atoms with van der Waals surface area (Å²) in [5.41, 5.74) is 1.34. The van der Waals surface area contributed by atoms with E-state index in [0.717, 1.165) is 18.4 Å². The summed E-state index contributed by atoms with van der Waals surface area (Å²) in [5.74, 6) is -3.32. The first-order valence-corrected chi connectivity index (χ1v) is 16.1. The minimum Gasteiger partial charge on any atom is -0.480 e. The number of aliphatic carboxylic acids is 1. The number of carboxylic acids is 1. The van der Waals surface area contributed by atoms with E-state index in [4.69, 9.17) is 23.2 Å². The lowest BCUT2D eigenvalue weighted by Crippen LogP contribution is -2.52. The third-order valence-electron chi connectivity index (χ3n) is 8.89. The summed E-state index contributed by atoms with van der Waals surface area (Å²) in [6.07, 6.45) is 5.79. The second-order valence-electron chi connectivity index (χ2n) is 12.2. The third-order valence-corrected chi connectivity index (χ3v) is 9.33. The number of hydrogen-bond acceptors (Lipinski definition) is 5. The predicted octanol–water partition coefficient (Wildman–Crippen LogP) is 4.67. The number of rotatable bonds is 12. The summed E-state index contributed by atoms with van der Waals surface area (Å²) in [4.78, 5) is 67.6. The summed E-state index contributed by atoms with van der Waals surface area (Å²) in [6, 6.07) is 11.1. The number of nitrogens with one attached hydrogen (secondary N) is 2. The highest BCUT2D eigenvalue weighted by Crippen LogP contribution is 2.46. The van der Waals surface area contributed by atoms with Gasteiger partial charge in [-0.1, -0.05) is 66.4 Å². The average molecular weight is 660 g/mol. The van der Waals surface area contributed by atoms with Gasteiger partial charge in [0.2, 0.25) is 17.7 Å². The van der Waals surface area contributed by atoms with Crippen molar-refractivity contribution in [2.75, 3.05) is 20.1 Å². The number of carbonyl (C=O) groups is 5. The zero-order valence-electron chi connectivity index (χ0n) is 25.4. The monoisotopic (exact) mass is 658 g/mol. The van der Waals surface area contributed by atoms with E-state index in [2.05, 4.69) is 10.6 Å². The fourth-order valence-corrected chi connectivity index (χ4v) is 6.77. The van der Waals surface area contributed by atoms with Crippen LogP contribution in [0.5, 0.6) is 0 Å². The molecule has 1 spiro atoms. The van der Waals surface area contributed by atoms with Crippen LogP contribution in [0.1, 0.15) is 73.7 Å². The summed E-state index contributed by atoms with van der Waals surface area (Å²) in [6.45, 7) is 1.43. The zero-order chi connectivity index (χ0) is 32.6. The maximum absolute atomic E-state index is 13.7. The average Bonchev–Trinajstić information content (AvgIpc) is 3.46. The summed E-state index contributed by atoms with van der Waals surface area (Å²) >= 11 is 12.2. The lowest BCUT2D eigenvalue weighted by atomic mass is 9.77. The van der Waals surface area contributed by atoms with Gasteiger partial charge in [-0.2, -0.15) is 0 Å².